The number of pyridine rings is 1. The van der Waals surface area contributed by atoms with Crippen molar-refractivity contribution in [3.05, 3.63) is 169 Å². The van der Waals surface area contributed by atoms with Crippen molar-refractivity contribution in [1.29, 1.82) is 0 Å². The molecule has 0 saturated heterocycles. The Morgan fingerprint density at radius 1 is 0.679 bits per heavy atom. The number of hydrogen-bond donors (Lipinski definition) is 0. The lowest BCUT2D eigenvalue weighted by molar-refractivity contribution is 0.648. The first-order chi connectivity index (χ1) is 27.7. The summed E-state index contributed by atoms with van der Waals surface area (Å²) in [6, 6.07) is 28.0. The molecule has 5 aromatic heterocycles. The average Bonchev–Trinajstić information content (AvgIpc) is 3.76. The summed E-state index contributed by atoms with van der Waals surface area (Å²) in [5.74, 6) is 1.43. The number of fused-ring (bicyclic) bond motifs is 5. The van der Waals surface area contributed by atoms with Crippen LogP contribution in [0.3, 0.4) is 0 Å². The molecule has 56 heavy (non-hydrogen) atoms. The molecule has 8 aromatic rings. The smallest absolute Gasteiger partial charge is 0.159 e. The van der Waals surface area contributed by atoms with Crippen LogP contribution in [0.2, 0.25) is 0 Å². The van der Waals surface area contributed by atoms with Gasteiger partial charge in [-0.1, -0.05) is 115 Å². The van der Waals surface area contributed by atoms with Crippen molar-refractivity contribution in [3.63, 3.8) is 0 Å². The zero-order chi connectivity index (χ0) is 37.6. The number of nitrogens with zero attached hydrogens (tertiary/aromatic N) is 7. The average molecular weight is 726 g/mol. The summed E-state index contributed by atoms with van der Waals surface area (Å²) in [4.78, 5) is 24.5. The molecule has 7 nitrogen and oxygen atoms in total. The van der Waals surface area contributed by atoms with Gasteiger partial charge in [-0.25, -0.2) is 24.9 Å². The van der Waals surface area contributed by atoms with Gasteiger partial charge in [-0.3, -0.25) is 0 Å². The van der Waals surface area contributed by atoms with Crippen LogP contribution in [0.15, 0.2) is 152 Å². The molecule has 0 N–H and O–H groups in total. The van der Waals surface area contributed by atoms with Crippen molar-refractivity contribution in [2.75, 3.05) is 0 Å². The second-order valence-electron chi connectivity index (χ2n) is 14.4. The fraction of sp³-hybridized carbons (Fsp3) is 0.122. The zero-order valence-corrected chi connectivity index (χ0v) is 31.3. The van der Waals surface area contributed by atoms with Crippen molar-refractivity contribution >= 4 is 44.4 Å². The first-order valence-electron chi connectivity index (χ1n) is 19.3. The lowest BCUT2D eigenvalue weighted by Gasteiger charge is -2.20. The van der Waals surface area contributed by atoms with E-state index in [2.05, 4.69) is 126 Å². The number of hydrogen-bond acceptors (Lipinski definition) is 5. The van der Waals surface area contributed by atoms with Crippen molar-refractivity contribution in [1.82, 2.24) is 34.1 Å². The summed E-state index contributed by atoms with van der Waals surface area (Å²) in [7, 11) is 0. The van der Waals surface area contributed by atoms with Crippen LogP contribution in [0.25, 0.3) is 83.9 Å². The van der Waals surface area contributed by atoms with Crippen LogP contribution >= 0.6 is 0 Å². The minimum absolute atomic E-state index is 0.177. The van der Waals surface area contributed by atoms with Crippen LogP contribution in [0.4, 0.5) is 0 Å². The van der Waals surface area contributed by atoms with Gasteiger partial charge in [-0.15, -0.1) is 0 Å². The van der Waals surface area contributed by atoms with E-state index in [9.17, 15) is 0 Å². The summed E-state index contributed by atoms with van der Waals surface area (Å²) in [5.41, 5.74) is 12.2. The van der Waals surface area contributed by atoms with E-state index >= 15 is 0 Å². The Morgan fingerprint density at radius 3 is 2.09 bits per heavy atom. The number of allylic oxidation sites excluding steroid dienone is 9. The normalized spacial score (nSPS) is 15.5. The van der Waals surface area contributed by atoms with Crippen LogP contribution in [0, 0.1) is 6.92 Å². The summed E-state index contributed by atoms with van der Waals surface area (Å²) in [6.45, 7) is 4.31. The standard InChI is InChI=1S/C49H39N7/c1-3-15-39-32(2)55(46-41(39)24-25-42-40-22-13-14-23-45(40)56(47(42)46)37-20-11-6-12-21-37)38-26-43(35-28-50-48(51-29-35)33-16-7-4-8-17-33)54-44(27-38)36-30-52-49(53-31-36)34-18-9-5-10-19-34/h3-9,11-18,20,22-31,37H,10,19,21H2,1-2H3/b15-3-/t37-/m0/s1. The van der Waals surface area contributed by atoms with Crippen LogP contribution < -0.4 is 0 Å². The van der Waals surface area contributed by atoms with E-state index in [4.69, 9.17) is 24.9 Å². The topological polar surface area (TPSA) is 74.3 Å². The number of rotatable bonds is 7. The highest BCUT2D eigenvalue weighted by atomic mass is 15.1. The molecule has 0 saturated carbocycles. The molecule has 0 radical (unpaired) electrons. The van der Waals surface area contributed by atoms with E-state index in [1.807, 2.05) is 55.1 Å². The molecule has 10 rings (SSSR count). The van der Waals surface area contributed by atoms with E-state index in [1.54, 1.807) is 0 Å². The van der Waals surface area contributed by atoms with Gasteiger partial charge in [0.15, 0.2) is 11.6 Å². The Morgan fingerprint density at radius 2 is 1.39 bits per heavy atom. The number of benzene rings is 3. The van der Waals surface area contributed by atoms with E-state index < -0.39 is 0 Å². The minimum atomic E-state index is 0.177. The molecule has 3 aromatic carbocycles. The van der Waals surface area contributed by atoms with Crippen LogP contribution in [-0.2, 0) is 0 Å². The lowest BCUT2D eigenvalue weighted by atomic mass is 10.0. The molecule has 7 heteroatoms. The predicted molar refractivity (Wildman–Crippen MR) is 229 cm³/mol. The summed E-state index contributed by atoms with van der Waals surface area (Å²) < 4.78 is 4.97. The van der Waals surface area contributed by atoms with E-state index in [1.165, 1.54) is 32.8 Å². The zero-order valence-electron chi connectivity index (χ0n) is 31.3. The van der Waals surface area contributed by atoms with Crippen LogP contribution in [0.5, 0.6) is 0 Å². The Kier molecular flexibility index (Phi) is 8.40. The molecule has 0 unspecified atom stereocenters. The molecule has 0 spiro atoms. The number of para-hydroxylation sites is 1. The van der Waals surface area contributed by atoms with Gasteiger partial charge in [0, 0.05) is 74.4 Å². The SMILES string of the molecule is C/C=C\c1c(C)n(-c2cc(-c3cnc(C4=CC=CCC4)nc3)nc(-c3cnc(-c4ccccc4)nc3)c2)c2c1ccc1c3ccccc3n([C@H]3C=CC=CC3)c12. The fourth-order valence-corrected chi connectivity index (χ4v) is 8.36. The molecule has 2 aliphatic carbocycles. The van der Waals surface area contributed by atoms with E-state index in [0.29, 0.717) is 5.82 Å². The molecular weight excluding hydrogens is 687 g/mol. The van der Waals surface area contributed by atoms with Crippen molar-refractivity contribution < 1.29 is 0 Å². The van der Waals surface area contributed by atoms with Gasteiger partial charge in [0.05, 0.1) is 34.2 Å². The summed E-state index contributed by atoms with van der Waals surface area (Å²) in [6.07, 6.45) is 30.0. The van der Waals surface area contributed by atoms with E-state index in [-0.39, 0.29) is 6.04 Å². The molecule has 270 valence electrons. The quantitative estimate of drug-likeness (QED) is 0.163. The Hall–Kier alpha value is -6.99. The van der Waals surface area contributed by atoms with Gasteiger partial charge in [0.25, 0.3) is 0 Å². The highest BCUT2D eigenvalue weighted by Crippen LogP contribution is 2.43. The molecule has 0 fully saturated rings. The fourth-order valence-electron chi connectivity index (χ4n) is 8.36. The van der Waals surface area contributed by atoms with Gasteiger partial charge in [-0.2, -0.15) is 0 Å². The maximum absolute atomic E-state index is 5.25. The second-order valence-corrected chi connectivity index (χ2v) is 14.4. The van der Waals surface area contributed by atoms with Crippen molar-refractivity contribution in [2.45, 2.75) is 39.2 Å². The third kappa shape index (κ3) is 5.71. The van der Waals surface area contributed by atoms with Gasteiger partial charge in [0.2, 0.25) is 0 Å². The molecule has 0 bridgehead atoms. The third-order valence-corrected chi connectivity index (χ3v) is 11.0. The van der Waals surface area contributed by atoms with E-state index in [0.717, 1.165) is 75.6 Å². The monoisotopic (exact) mass is 725 g/mol. The van der Waals surface area contributed by atoms with Crippen LogP contribution in [0.1, 0.15) is 49.3 Å². The van der Waals surface area contributed by atoms with Gasteiger partial charge in [0.1, 0.15) is 0 Å². The molecule has 1 atom stereocenters. The first-order valence-corrected chi connectivity index (χ1v) is 19.3. The van der Waals surface area contributed by atoms with Crippen molar-refractivity contribution in [3.8, 4) is 39.6 Å². The predicted octanol–water partition coefficient (Wildman–Crippen LogP) is 11.8. The maximum Gasteiger partial charge on any atom is 0.159 e. The first kappa shape index (κ1) is 33.6. The Balaban J connectivity index is 1.24. The maximum atomic E-state index is 5.25. The highest BCUT2D eigenvalue weighted by Gasteiger charge is 2.25. The number of aromatic nitrogens is 7. The van der Waals surface area contributed by atoms with Gasteiger partial charge in [-0.05, 0) is 56.9 Å². The molecule has 5 heterocycles. The molecule has 2 aliphatic rings. The summed E-state index contributed by atoms with van der Waals surface area (Å²) >= 11 is 0. The Labute approximate surface area is 325 Å². The lowest BCUT2D eigenvalue weighted by Crippen LogP contribution is -2.08. The third-order valence-electron chi connectivity index (χ3n) is 11.0. The molecular formula is C49H39N7. The molecule has 0 amide bonds. The van der Waals surface area contributed by atoms with Crippen molar-refractivity contribution in [2.24, 2.45) is 0 Å². The molecule has 0 aliphatic heterocycles. The summed E-state index contributed by atoms with van der Waals surface area (Å²) in [5, 5.41) is 3.68. The minimum Gasteiger partial charge on any atom is -0.331 e. The van der Waals surface area contributed by atoms with Gasteiger partial charge >= 0.3 is 0 Å². The highest BCUT2D eigenvalue weighted by molar-refractivity contribution is 6.19. The largest absolute Gasteiger partial charge is 0.331 e. The second kappa shape index (κ2) is 14.0. The van der Waals surface area contributed by atoms with Gasteiger partial charge < -0.3 is 9.13 Å². The Bertz CT molecular complexity index is 2940. The van der Waals surface area contributed by atoms with Crippen LogP contribution in [-0.4, -0.2) is 34.1 Å².